The van der Waals surface area contributed by atoms with Crippen molar-refractivity contribution in [2.24, 2.45) is 0 Å². The van der Waals surface area contributed by atoms with Gasteiger partial charge in [-0.2, -0.15) is 0 Å². The minimum absolute atomic E-state index is 0.0383. The molecule has 1 aromatic rings. The van der Waals surface area contributed by atoms with Crippen LogP contribution in [0.3, 0.4) is 0 Å². The van der Waals surface area contributed by atoms with Crippen LogP contribution >= 0.6 is 0 Å². The third-order valence-electron chi connectivity index (χ3n) is 4.10. The van der Waals surface area contributed by atoms with Crippen LogP contribution in [0.1, 0.15) is 26.3 Å². The number of nitrogens with two attached hydrogens (primary N) is 1. The van der Waals surface area contributed by atoms with Gasteiger partial charge in [0.05, 0.1) is 16.9 Å². The largest absolute Gasteiger partial charge is 0.399 e. The van der Waals surface area contributed by atoms with Crippen molar-refractivity contribution < 1.29 is 13.2 Å². The van der Waals surface area contributed by atoms with E-state index in [0.29, 0.717) is 5.69 Å². The number of nitrogens with zero attached hydrogens (tertiary/aromatic N) is 1. The number of sulfone groups is 1. The molecule has 1 aromatic carbocycles. The molecule has 1 aliphatic heterocycles. The molecular formula is C15H22N2O3S. The molecule has 0 saturated carbocycles. The van der Waals surface area contributed by atoms with Crippen LogP contribution < -0.4 is 5.73 Å². The third-order valence-corrected chi connectivity index (χ3v) is 5.89. The molecule has 1 fully saturated rings. The molecule has 21 heavy (non-hydrogen) atoms. The molecule has 0 radical (unpaired) electrons. The van der Waals surface area contributed by atoms with Crippen molar-refractivity contribution in [1.82, 2.24) is 4.90 Å². The zero-order chi connectivity index (χ0) is 15.8. The SMILES string of the molecule is CC1CS(=O)(=O)CCN1C(=O)C(C)(C)c1ccc(N)cc1. The van der Waals surface area contributed by atoms with Crippen molar-refractivity contribution in [2.75, 3.05) is 23.8 Å². The molecule has 1 saturated heterocycles. The highest BCUT2D eigenvalue weighted by Gasteiger charge is 2.39. The fourth-order valence-corrected chi connectivity index (χ4v) is 4.24. The highest BCUT2D eigenvalue weighted by molar-refractivity contribution is 7.91. The number of nitrogen functional groups attached to an aromatic ring is 1. The van der Waals surface area contributed by atoms with Gasteiger partial charge in [-0.3, -0.25) is 4.79 Å². The van der Waals surface area contributed by atoms with E-state index in [1.54, 1.807) is 24.0 Å². The Morgan fingerprint density at radius 1 is 1.29 bits per heavy atom. The number of carbonyl (C=O) groups excluding carboxylic acids is 1. The second-order valence-corrected chi connectivity index (χ2v) is 8.44. The van der Waals surface area contributed by atoms with E-state index < -0.39 is 15.3 Å². The molecule has 2 N–H and O–H groups in total. The van der Waals surface area contributed by atoms with E-state index in [1.165, 1.54) is 0 Å². The van der Waals surface area contributed by atoms with Crippen LogP contribution in [0, 0.1) is 0 Å². The van der Waals surface area contributed by atoms with Crippen molar-refractivity contribution in [2.45, 2.75) is 32.2 Å². The number of benzene rings is 1. The van der Waals surface area contributed by atoms with Crippen LogP contribution in [0.4, 0.5) is 5.69 Å². The lowest BCUT2D eigenvalue weighted by Gasteiger charge is -2.38. The van der Waals surface area contributed by atoms with Gasteiger partial charge in [-0.1, -0.05) is 12.1 Å². The monoisotopic (exact) mass is 310 g/mol. The summed E-state index contributed by atoms with van der Waals surface area (Å²) in [5.74, 6) is 0.0342. The number of hydrogen-bond acceptors (Lipinski definition) is 4. The lowest BCUT2D eigenvalue weighted by Crippen LogP contribution is -2.54. The van der Waals surface area contributed by atoms with E-state index in [1.807, 2.05) is 26.0 Å². The molecular weight excluding hydrogens is 288 g/mol. The lowest BCUT2D eigenvalue weighted by molar-refractivity contribution is -0.137. The van der Waals surface area contributed by atoms with Crippen molar-refractivity contribution in [3.63, 3.8) is 0 Å². The number of carbonyl (C=O) groups is 1. The molecule has 116 valence electrons. The van der Waals surface area contributed by atoms with Gasteiger partial charge in [-0.05, 0) is 38.5 Å². The minimum atomic E-state index is -3.02. The number of hydrogen-bond donors (Lipinski definition) is 1. The smallest absolute Gasteiger partial charge is 0.232 e. The molecule has 6 heteroatoms. The van der Waals surface area contributed by atoms with Crippen molar-refractivity contribution >= 4 is 21.4 Å². The first kappa shape index (κ1) is 15.8. The molecule has 0 aromatic heterocycles. The molecule has 1 unspecified atom stereocenters. The summed E-state index contributed by atoms with van der Waals surface area (Å²) in [6, 6.07) is 6.95. The highest BCUT2D eigenvalue weighted by Crippen LogP contribution is 2.28. The Bertz CT molecular complexity index is 635. The zero-order valence-electron chi connectivity index (χ0n) is 12.7. The molecule has 1 atom stereocenters. The Kier molecular flexibility index (Phi) is 4.02. The standard InChI is InChI=1S/C15H22N2O3S/c1-11-10-21(19,20)9-8-17(11)14(18)15(2,3)12-4-6-13(16)7-5-12/h4-7,11H,8-10,16H2,1-3H3. The topological polar surface area (TPSA) is 80.5 Å². The third kappa shape index (κ3) is 3.20. The van der Waals surface area contributed by atoms with Crippen molar-refractivity contribution in [3.8, 4) is 0 Å². The minimum Gasteiger partial charge on any atom is -0.399 e. The molecule has 1 amide bonds. The summed E-state index contributed by atoms with van der Waals surface area (Å²) in [6.45, 7) is 5.77. The quantitative estimate of drug-likeness (QED) is 0.832. The molecule has 1 aliphatic rings. The van der Waals surface area contributed by atoms with Gasteiger partial charge in [-0.15, -0.1) is 0 Å². The summed E-state index contributed by atoms with van der Waals surface area (Å²) in [4.78, 5) is 14.5. The van der Waals surface area contributed by atoms with Gasteiger partial charge in [-0.25, -0.2) is 8.42 Å². The Balaban J connectivity index is 2.24. The summed E-state index contributed by atoms with van der Waals surface area (Å²) < 4.78 is 23.3. The van der Waals surface area contributed by atoms with Gasteiger partial charge in [0.2, 0.25) is 5.91 Å². The number of rotatable bonds is 2. The van der Waals surface area contributed by atoms with E-state index >= 15 is 0 Å². The van der Waals surface area contributed by atoms with Crippen LogP contribution in [0.15, 0.2) is 24.3 Å². The van der Waals surface area contributed by atoms with Crippen LogP contribution in [-0.4, -0.2) is 43.3 Å². The molecule has 0 bridgehead atoms. The second kappa shape index (κ2) is 5.33. The first-order valence-electron chi connectivity index (χ1n) is 7.01. The predicted molar refractivity (Wildman–Crippen MR) is 83.7 cm³/mol. The summed E-state index contributed by atoms with van der Waals surface area (Å²) in [5, 5.41) is 0. The Morgan fingerprint density at radius 3 is 2.38 bits per heavy atom. The normalized spacial score (nSPS) is 22.0. The van der Waals surface area contributed by atoms with Crippen LogP contribution in [0.25, 0.3) is 0 Å². The van der Waals surface area contributed by atoms with Crippen LogP contribution in [0.2, 0.25) is 0 Å². The van der Waals surface area contributed by atoms with Gasteiger partial charge < -0.3 is 10.6 Å². The summed E-state index contributed by atoms with van der Waals surface area (Å²) in [6.07, 6.45) is 0. The lowest BCUT2D eigenvalue weighted by atomic mass is 9.82. The summed E-state index contributed by atoms with van der Waals surface area (Å²) in [7, 11) is -3.02. The molecule has 1 heterocycles. The van der Waals surface area contributed by atoms with E-state index in [4.69, 9.17) is 5.73 Å². The van der Waals surface area contributed by atoms with Gasteiger partial charge in [0, 0.05) is 18.3 Å². The second-order valence-electron chi connectivity index (χ2n) is 6.21. The molecule has 0 spiro atoms. The van der Waals surface area contributed by atoms with Gasteiger partial charge in [0.25, 0.3) is 0 Å². The van der Waals surface area contributed by atoms with E-state index in [-0.39, 0.29) is 30.0 Å². The van der Waals surface area contributed by atoms with Gasteiger partial charge in [0.15, 0.2) is 9.84 Å². The van der Waals surface area contributed by atoms with E-state index in [0.717, 1.165) is 5.56 Å². The first-order valence-corrected chi connectivity index (χ1v) is 8.83. The number of anilines is 1. The van der Waals surface area contributed by atoms with Crippen LogP contribution in [-0.2, 0) is 20.0 Å². The first-order chi connectivity index (χ1) is 9.63. The van der Waals surface area contributed by atoms with E-state index in [2.05, 4.69) is 0 Å². The average Bonchev–Trinajstić information content (AvgIpc) is 2.37. The van der Waals surface area contributed by atoms with Gasteiger partial charge >= 0.3 is 0 Å². The molecule has 5 nitrogen and oxygen atoms in total. The molecule has 0 aliphatic carbocycles. The maximum Gasteiger partial charge on any atom is 0.232 e. The predicted octanol–water partition coefficient (Wildman–Crippen LogP) is 1.19. The Hall–Kier alpha value is -1.56. The Labute approximate surface area is 126 Å². The number of amides is 1. The van der Waals surface area contributed by atoms with Crippen molar-refractivity contribution in [3.05, 3.63) is 29.8 Å². The van der Waals surface area contributed by atoms with Crippen molar-refractivity contribution in [1.29, 1.82) is 0 Å². The average molecular weight is 310 g/mol. The molecule has 2 rings (SSSR count). The fourth-order valence-electron chi connectivity index (χ4n) is 2.68. The summed E-state index contributed by atoms with van der Waals surface area (Å²) in [5.41, 5.74) is 6.50. The maximum atomic E-state index is 12.8. The Morgan fingerprint density at radius 2 is 1.86 bits per heavy atom. The van der Waals surface area contributed by atoms with Crippen LogP contribution in [0.5, 0.6) is 0 Å². The maximum absolute atomic E-state index is 12.8. The summed E-state index contributed by atoms with van der Waals surface area (Å²) >= 11 is 0. The van der Waals surface area contributed by atoms with Gasteiger partial charge in [0.1, 0.15) is 0 Å². The van der Waals surface area contributed by atoms with E-state index in [9.17, 15) is 13.2 Å². The fraction of sp³-hybridized carbons (Fsp3) is 0.533. The zero-order valence-corrected chi connectivity index (χ0v) is 13.5. The highest BCUT2D eigenvalue weighted by atomic mass is 32.2.